The third-order valence-electron chi connectivity index (χ3n) is 2.42. The molecule has 4 heteroatoms. The number of H-pyrrole nitrogens is 1. The van der Waals surface area contributed by atoms with Gasteiger partial charge < -0.3 is 9.15 Å². The number of methoxy groups -OCH3 is 1. The molecular formula is C12H13NO3. The molecular weight excluding hydrogens is 206 g/mol. The Labute approximate surface area is 92.9 Å². The molecule has 0 fully saturated rings. The lowest BCUT2D eigenvalue weighted by Gasteiger charge is -2.02. The number of rotatable bonds is 3. The molecule has 4 nitrogen and oxygen atoms in total. The fraction of sp³-hybridized carbons (Fsp3) is 0.250. The minimum atomic E-state index is -0.414. The molecule has 0 amide bonds. The molecule has 1 aromatic carbocycles. The van der Waals surface area contributed by atoms with E-state index in [1.165, 1.54) is 0 Å². The van der Waals surface area contributed by atoms with Crippen LogP contribution in [-0.4, -0.2) is 12.1 Å². The van der Waals surface area contributed by atoms with E-state index in [0.717, 1.165) is 17.0 Å². The number of oxazole rings is 1. The highest BCUT2D eigenvalue weighted by Gasteiger charge is 2.09. The molecule has 0 radical (unpaired) electrons. The van der Waals surface area contributed by atoms with E-state index in [0.29, 0.717) is 12.2 Å². The lowest BCUT2D eigenvalue weighted by molar-refractivity contribution is 0.415. The highest BCUT2D eigenvalue weighted by molar-refractivity contribution is 5.61. The molecule has 0 spiro atoms. The monoisotopic (exact) mass is 219 g/mol. The first-order valence-electron chi connectivity index (χ1n) is 5.11. The van der Waals surface area contributed by atoms with E-state index in [1.54, 1.807) is 7.11 Å². The molecule has 0 aliphatic heterocycles. The Morgan fingerprint density at radius 3 is 2.56 bits per heavy atom. The molecule has 0 aliphatic rings. The summed E-state index contributed by atoms with van der Waals surface area (Å²) in [7, 11) is 1.62. The third-order valence-corrected chi connectivity index (χ3v) is 2.42. The van der Waals surface area contributed by atoms with Gasteiger partial charge in [0.25, 0.3) is 0 Å². The second-order valence-corrected chi connectivity index (χ2v) is 3.39. The van der Waals surface area contributed by atoms with Crippen molar-refractivity contribution in [1.29, 1.82) is 0 Å². The standard InChI is InChI=1S/C12H13NO3/c1-3-10-11(13-12(14)16-10)8-4-6-9(15-2)7-5-8/h4-7H,3H2,1-2H3,(H,13,14). The van der Waals surface area contributed by atoms with Crippen LogP contribution in [0, 0.1) is 0 Å². The van der Waals surface area contributed by atoms with E-state index in [9.17, 15) is 4.79 Å². The van der Waals surface area contributed by atoms with Crippen molar-refractivity contribution in [2.75, 3.05) is 7.11 Å². The summed E-state index contributed by atoms with van der Waals surface area (Å²) in [4.78, 5) is 13.8. The van der Waals surface area contributed by atoms with Crippen LogP contribution in [0.3, 0.4) is 0 Å². The maximum absolute atomic E-state index is 11.1. The van der Waals surface area contributed by atoms with E-state index >= 15 is 0 Å². The number of hydrogen-bond donors (Lipinski definition) is 1. The first kappa shape index (κ1) is 10.5. The lowest BCUT2D eigenvalue weighted by atomic mass is 10.1. The topological polar surface area (TPSA) is 55.2 Å². The van der Waals surface area contributed by atoms with Crippen molar-refractivity contribution in [3.05, 3.63) is 40.6 Å². The van der Waals surface area contributed by atoms with Crippen LogP contribution in [0.15, 0.2) is 33.5 Å². The Balaban J connectivity index is 2.45. The van der Waals surface area contributed by atoms with Crippen LogP contribution in [0.25, 0.3) is 11.3 Å². The summed E-state index contributed by atoms with van der Waals surface area (Å²) >= 11 is 0. The van der Waals surface area contributed by atoms with Gasteiger partial charge in [-0.3, -0.25) is 4.98 Å². The summed E-state index contributed by atoms with van der Waals surface area (Å²) < 4.78 is 10.1. The van der Waals surface area contributed by atoms with E-state index in [2.05, 4.69) is 4.98 Å². The molecule has 1 aromatic heterocycles. The summed E-state index contributed by atoms with van der Waals surface area (Å²) in [6, 6.07) is 7.47. The summed E-state index contributed by atoms with van der Waals surface area (Å²) in [6.07, 6.45) is 0.681. The smallest absolute Gasteiger partial charge is 0.416 e. The zero-order chi connectivity index (χ0) is 11.5. The van der Waals surface area contributed by atoms with Gasteiger partial charge in [0, 0.05) is 12.0 Å². The van der Waals surface area contributed by atoms with E-state index in [1.807, 2.05) is 31.2 Å². The fourth-order valence-corrected chi connectivity index (χ4v) is 1.60. The predicted octanol–water partition coefficient (Wildman–Crippen LogP) is 2.21. The van der Waals surface area contributed by atoms with E-state index in [4.69, 9.17) is 9.15 Å². The van der Waals surface area contributed by atoms with Crippen LogP contribution >= 0.6 is 0 Å². The number of aromatic nitrogens is 1. The molecule has 16 heavy (non-hydrogen) atoms. The van der Waals surface area contributed by atoms with Crippen molar-refractivity contribution >= 4 is 0 Å². The Morgan fingerprint density at radius 2 is 2.00 bits per heavy atom. The minimum Gasteiger partial charge on any atom is -0.497 e. The van der Waals surface area contributed by atoms with Crippen molar-refractivity contribution in [1.82, 2.24) is 4.98 Å². The van der Waals surface area contributed by atoms with Gasteiger partial charge in [-0.1, -0.05) is 6.92 Å². The van der Waals surface area contributed by atoms with Crippen LogP contribution in [0.2, 0.25) is 0 Å². The molecule has 1 N–H and O–H groups in total. The van der Waals surface area contributed by atoms with Crippen LogP contribution < -0.4 is 10.5 Å². The van der Waals surface area contributed by atoms with Crippen LogP contribution in [0.5, 0.6) is 5.75 Å². The van der Waals surface area contributed by atoms with Crippen LogP contribution in [0.4, 0.5) is 0 Å². The van der Waals surface area contributed by atoms with Crippen LogP contribution in [-0.2, 0) is 6.42 Å². The average Bonchev–Trinajstić information content (AvgIpc) is 2.70. The Hall–Kier alpha value is -1.97. The second-order valence-electron chi connectivity index (χ2n) is 3.39. The van der Waals surface area contributed by atoms with E-state index < -0.39 is 5.76 Å². The molecule has 2 aromatic rings. The van der Waals surface area contributed by atoms with Gasteiger partial charge in [-0.2, -0.15) is 0 Å². The molecule has 0 saturated carbocycles. The van der Waals surface area contributed by atoms with Gasteiger partial charge in [0.05, 0.1) is 12.8 Å². The molecule has 2 rings (SSSR count). The number of nitrogens with one attached hydrogen (secondary N) is 1. The average molecular weight is 219 g/mol. The molecule has 84 valence electrons. The second kappa shape index (κ2) is 4.26. The van der Waals surface area contributed by atoms with Gasteiger partial charge in [-0.25, -0.2) is 4.79 Å². The summed E-state index contributed by atoms with van der Waals surface area (Å²) in [6.45, 7) is 1.94. The highest BCUT2D eigenvalue weighted by Crippen LogP contribution is 2.23. The zero-order valence-corrected chi connectivity index (χ0v) is 9.24. The van der Waals surface area contributed by atoms with Crippen molar-refractivity contribution in [2.45, 2.75) is 13.3 Å². The Morgan fingerprint density at radius 1 is 1.31 bits per heavy atom. The molecule has 0 bridgehead atoms. The van der Waals surface area contributed by atoms with Crippen molar-refractivity contribution in [3.8, 4) is 17.0 Å². The zero-order valence-electron chi connectivity index (χ0n) is 9.24. The fourth-order valence-electron chi connectivity index (χ4n) is 1.60. The van der Waals surface area contributed by atoms with Gasteiger partial charge in [-0.15, -0.1) is 0 Å². The Kier molecular flexibility index (Phi) is 2.81. The minimum absolute atomic E-state index is 0.414. The Bertz CT molecular complexity index is 522. The van der Waals surface area contributed by atoms with Gasteiger partial charge in [0.2, 0.25) is 0 Å². The molecule has 1 heterocycles. The number of benzene rings is 1. The molecule has 0 saturated heterocycles. The summed E-state index contributed by atoms with van der Waals surface area (Å²) in [5.41, 5.74) is 1.67. The quantitative estimate of drug-likeness (QED) is 0.861. The van der Waals surface area contributed by atoms with Gasteiger partial charge in [-0.05, 0) is 24.3 Å². The largest absolute Gasteiger partial charge is 0.497 e. The van der Waals surface area contributed by atoms with Crippen molar-refractivity contribution < 1.29 is 9.15 Å². The summed E-state index contributed by atoms with van der Waals surface area (Å²) in [5, 5.41) is 0. The molecule has 0 atom stereocenters. The molecule has 0 aliphatic carbocycles. The highest BCUT2D eigenvalue weighted by atomic mass is 16.5. The van der Waals surface area contributed by atoms with Crippen molar-refractivity contribution in [2.24, 2.45) is 0 Å². The lowest BCUT2D eigenvalue weighted by Crippen LogP contribution is -1.94. The number of ether oxygens (including phenoxy) is 1. The normalized spacial score (nSPS) is 10.4. The number of aryl methyl sites for hydroxylation is 1. The number of hydrogen-bond acceptors (Lipinski definition) is 3. The first-order chi connectivity index (χ1) is 7.74. The van der Waals surface area contributed by atoms with Crippen LogP contribution in [0.1, 0.15) is 12.7 Å². The SMILES string of the molecule is CCc1oc(=O)[nH]c1-c1ccc(OC)cc1. The van der Waals surface area contributed by atoms with Crippen molar-refractivity contribution in [3.63, 3.8) is 0 Å². The summed E-state index contributed by atoms with van der Waals surface area (Å²) in [5.74, 6) is 1.05. The van der Waals surface area contributed by atoms with Gasteiger partial charge in [0.15, 0.2) is 0 Å². The van der Waals surface area contributed by atoms with E-state index in [-0.39, 0.29) is 0 Å². The molecule has 0 unspecified atom stereocenters. The first-order valence-corrected chi connectivity index (χ1v) is 5.11. The van der Waals surface area contributed by atoms with Gasteiger partial charge in [0.1, 0.15) is 11.5 Å². The van der Waals surface area contributed by atoms with Gasteiger partial charge >= 0.3 is 5.76 Å². The number of aromatic amines is 1. The predicted molar refractivity (Wildman–Crippen MR) is 60.7 cm³/mol. The third kappa shape index (κ3) is 1.86. The maximum atomic E-state index is 11.1. The maximum Gasteiger partial charge on any atom is 0.416 e.